The molecule has 25 heavy (non-hydrogen) atoms. The van der Waals surface area contributed by atoms with Gasteiger partial charge in [-0.05, 0) is 37.0 Å². The monoisotopic (exact) mass is 383 g/mol. The minimum atomic E-state index is -0.845. The third-order valence-electron chi connectivity index (χ3n) is 4.74. The molecule has 4 amide bonds. The average molecular weight is 384 g/mol. The number of aryl methyl sites for hydroxylation is 1. The third-order valence-corrected chi connectivity index (χ3v) is 5.33. The van der Waals surface area contributed by atoms with Gasteiger partial charge < -0.3 is 5.32 Å². The Morgan fingerprint density at radius 2 is 1.92 bits per heavy atom. The SMILES string of the molecule is O=C(CCc1ccc(Cl)cc1Cl)NN1C(=O)NC2(CCCCC2)C1=O. The highest BCUT2D eigenvalue weighted by Crippen LogP contribution is 2.33. The van der Waals surface area contributed by atoms with Crippen molar-refractivity contribution in [3.63, 3.8) is 0 Å². The minimum Gasteiger partial charge on any atom is -0.322 e. The number of rotatable bonds is 4. The van der Waals surface area contributed by atoms with Gasteiger partial charge in [0.25, 0.3) is 5.91 Å². The van der Waals surface area contributed by atoms with E-state index >= 15 is 0 Å². The average Bonchev–Trinajstić information content (AvgIpc) is 2.79. The molecule has 0 bridgehead atoms. The molecule has 2 N–H and O–H groups in total. The summed E-state index contributed by atoms with van der Waals surface area (Å²) in [5.74, 6) is -0.780. The van der Waals surface area contributed by atoms with Crippen molar-refractivity contribution in [1.29, 1.82) is 0 Å². The molecule has 0 atom stereocenters. The number of amides is 4. The summed E-state index contributed by atoms with van der Waals surface area (Å²) in [5, 5.41) is 4.57. The molecule has 3 rings (SSSR count). The summed E-state index contributed by atoms with van der Waals surface area (Å²) in [4.78, 5) is 36.8. The van der Waals surface area contributed by atoms with E-state index in [1.165, 1.54) is 0 Å². The molecule has 2 aliphatic rings. The van der Waals surface area contributed by atoms with Crippen LogP contribution < -0.4 is 10.7 Å². The molecule has 1 saturated carbocycles. The second-order valence-corrected chi connectivity index (χ2v) is 7.33. The molecule has 1 aliphatic heterocycles. The number of urea groups is 1. The van der Waals surface area contributed by atoms with Crippen LogP contribution in [0.4, 0.5) is 4.79 Å². The van der Waals surface area contributed by atoms with Crippen LogP contribution in [0, 0.1) is 0 Å². The van der Waals surface area contributed by atoms with E-state index in [-0.39, 0.29) is 12.3 Å². The smallest absolute Gasteiger partial charge is 0.322 e. The van der Waals surface area contributed by atoms with E-state index in [4.69, 9.17) is 23.2 Å². The number of nitrogens with one attached hydrogen (secondary N) is 2. The van der Waals surface area contributed by atoms with E-state index in [2.05, 4.69) is 10.7 Å². The van der Waals surface area contributed by atoms with Crippen LogP contribution in [0.15, 0.2) is 18.2 Å². The summed E-state index contributed by atoms with van der Waals surface area (Å²) in [7, 11) is 0. The first-order valence-corrected chi connectivity index (χ1v) is 9.07. The Hall–Kier alpha value is -1.79. The summed E-state index contributed by atoms with van der Waals surface area (Å²) < 4.78 is 0. The normalized spacial score (nSPS) is 19.2. The number of halogens is 2. The fourth-order valence-electron chi connectivity index (χ4n) is 3.37. The molecule has 0 aromatic heterocycles. The molecular weight excluding hydrogens is 365 g/mol. The summed E-state index contributed by atoms with van der Waals surface area (Å²) >= 11 is 11.9. The van der Waals surface area contributed by atoms with E-state index in [9.17, 15) is 14.4 Å². The number of carbonyl (C=O) groups excluding carboxylic acids is 3. The Bertz CT molecular complexity index is 717. The van der Waals surface area contributed by atoms with Crippen LogP contribution in [-0.4, -0.2) is 28.4 Å². The van der Waals surface area contributed by atoms with Gasteiger partial charge in [0.1, 0.15) is 5.54 Å². The molecule has 1 saturated heterocycles. The van der Waals surface area contributed by atoms with E-state index in [1.807, 2.05) is 0 Å². The number of benzene rings is 1. The molecule has 2 fully saturated rings. The number of carbonyl (C=O) groups is 3. The van der Waals surface area contributed by atoms with Gasteiger partial charge in [-0.3, -0.25) is 15.0 Å². The molecule has 1 aromatic rings. The predicted molar refractivity (Wildman–Crippen MR) is 94.1 cm³/mol. The van der Waals surface area contributed by atoms with E-state index in [1.54, 1.807) is 18.2 Å². The highest BCUT2D eigenvalue weighted by atomic mass is 35.5. The van der Waals surface area contributed by atoms with E-state index < -0.39 is 17.5 Å². The van der Waals surface area contributed by atoms with Crippen LogP contribution in [0.1, 0.15) is 44.1 Å². The molecule has 0 unspecified atom stereocenters. The maximum Gasteiger partial charge on any atom is 0.344 e. The van der Waals surface area contributed by atoms with Crippen molar-refractivity contribution in [2.45, 2.75) is 50.5 Å². The number of hydrogen-bond donors (Lipinski definition) is 2. The van der Waals surface area contributed by atoms with Gasteiger partial charge in [-0.15, -0.1) is 0 Å². The van der Waals surface area contributed by atoms with Crippen molar-refractivity contribution in [3.8, 4) is 0 Å². The lowest BCUT2D eigenvalue weighted by Crippen LogP contribution is -2.51. The zero-order valence-electron chi connectivity index (χ0n) is 13.6. The van der Waals surface area contributed by atoms with Crippen molar-refractivity contribution in [1.82, 2.24) is 15.8 Å². The Kier molecular flexibility index (Phi) is 5.20. The molecule has 134 valence electrons. The Morgan fingerprint density at radius 3 is 2.60 bits per heavy atom. The highest BCUT2D eigenvalue weighted by molar-refractivity contribution is 6.35. The topological polar surface area (TPSA) is 78.5 Å². The second-order valence-electron chi connectivity index (χ2n) is 6.48. The fourth-order valence-corrected chi connectivity index (χ4v) is 3.87. The van der Waals surface area contributed by atoms with Crippen molar-refractivity contribution >= 4 is 41.0 Å². The lowest BCUT2D eigenvalue weighted by molar-refractivity contribution is -0.139. The maximum absolute atomic E-state index is 12.6. The van der Waals surface area contributed by atoms with Crippen LogP contribution in [-0.2, 0) is 16.0 Å². The standard InChI is InChI=1S/C17H19Cl2N3O3/c18-12-6-4-11(13(19)10-12)5-7-14(23)21-22-15(24)17(20-16(22)25)8-2-1-3-9-17/h4,6,10H,1-3,5,7-9H2,(H,20,25)(H,21,23). The van der Waals surface area contributed by atoms with Gasteiger partial charge in [-0.1, -0.05) is 48.5 Å². The first-order valence-electron chi connectivity index (χ1n) is 8.31. The highest BCUT2D eigenvalue weighted by Gasteiger charge is 2.52. The Morgan fingerprint density at radius 1 is 1.20 bits per heavy atom. The number of nitrogens with zero attached hydrogens (tertiary/aromatic N) is 1. The summed E-state index contributed by atoms with van der Waals surface area (Å²) in [6.45, 7) is 0. The van der Waals surface area contributed by atoms with Gasteiger partial charge in [-0.25, -0.2) is 4.79 Å². The molecule has 1 spiro atoms. The largest absolute Gasteiger partial charge is 0.344 e. The molecule has 1 heterocycles. The van der Waals surface area contributed by atoms with Crippen LogP contribution >= 0.6 is 23.2 Å². The molecule has 0 radical (unpaired) electrons. The lowest BCUT2D eigenvalue weighted by atomic mass is 9.82. The number of imide groups is 1. The van der Waals surface area contributed by atoms with Gasteiger partial charge in [0.05, 0.1) is 0 Å². The second kappa shape index (κ2) is 7.22. The fraction of sp³-hybridized carbons (Fsp3) is 0.471. The van der Waals surface area contributed by atoms with Gasteiger partial charge in [0, 0.05) is 16.5 Å². The van der Waals surface area contributed by atoms with Gasteiger partial charge in [-0.2, -0.15) is 5.01 Å². The summed E-state index contributed by atoms with van der Waals surface area (Å²) in [6.07, 6.45) is 4.56. The summed E-state index contributed by atoms with van der Waals surface area (Å²) in [5.41, 5.74) is 2.35. The van der Waals surface area contributed by atoms with Crippen molar-refractivity contribution < 1.29 is 14.4 Å². The van der Waals surface area contributed by atoms with Crippen LogP contribution in [0.2, 0.25) is 10.0 Å². The quantitative estimate of drug-likeness (QED) is 0.783. The molecular formula is C17H19Cl2N3O3. The van der Waals surface area contributed by atoms with Crippen molar-refractivity contribution in [2.24, 2.45) is 0 Å². The molecule has 8 heteroatoms. The van der Waals surface area contributed by atoms with Crippen molar-refractivity contribution in [2.75, 3.05) is 0 Å². The minimum absolute atomic E-state index is 0.103. The van der Waals surface area contributed by atoms with Crippen LogP contribution in [0.3, 0.4) is 0 Å². The first-order chi connectivity index (χ1) is 11.9. The molecule has 6 nitrogen and oxygen atoms in total. The molecule has 1 aliphatic carbocycles. The zero-order chi connectivity index (χ0) is 18.0. The van der Waals surface area contributed by atoms with Crippen LogP contribution in [0.25, 0.3) is 0 Å². The van der Waals surface area contributed by atoms with Gasteiger partial charge >= 0.3 is 6.03 Å². The molecule has 1 aromatic carbocycles. The number of hydrogen-bond acceptors (Lipinski definition) is 3. The Labute approximate surface area is 155 Å². The van der Waals surface area contributed by atoms with E-state index in [0.717, 1.165) is 29.8 Å². The Balaban J connectivity index is 1.59. The zero-order valence-corrected chi connectivity index (χ0v) is 15.1. The number of hydrazine groups is 1. The van der Waals surface area contributed by atoms with Gasteiger partial charge in [0.2, 0.25) is 5.91 Å². The van der Waals surface area contributed by atoms with E-state index in [0.29, 0.717) is 29.3 Å². The third kappa shape index (κ3) is 3.75. The van der Waals surface area contributed by atoms with Gasteiger partial charge in [0.15, 0.2) is 0 Å². The van der Waals surface area contributed by atoms with Crippen LogP contribution in [0.5, 0.6) is 0 Å². The maximum atomic E-state index is 12.6. The van der Waals surface area contributed by atoms with Crippen molar-refractivity contribution in [3.05, 3.63) is 33.8 Å². The predicted octanol–water partition coefficient (Wildman–Crippen LogP) is 3.21. The first kappa shape index (κ1) is 18.0. The summed E-state index contributed by atoms with van der Waals surface area (Å²) in [6, 6.07) is 4.50. The lowest BCUT2D eigenvalue weighted by Gasteiger charge is -2.30.